The molecule has 0 bridgehead atoms. The molecule has 1 heterocycles. The van der Waals surface area contributed by atoms with E-state index in [4.69, 9.17) is 4.74 Å². The molecule has 28 heavy (non-hydrogen) atoms. The average molecular weight is 447 g/mol. The summed E-state index contributed by atoms with van der Waals surface area (Å²) in [5, 5.41) is 9.41. The molecule has 2 aromatic carbocycles. The van der Waals surface area contributed by atoms with E-state index in [1.165, 1.54) is 29.2 Å². The number of hydrogen-bond donors (Lipinski definition) is 2. The number of amides is 2. The van der Waals surface area contributed by atoms with Crippen LogP contribution in [0.4, 0.5) is 15.8 Å². The summed E-state index contributed by atoms with van der Waals surface area (Å²) in [6, 6.07) is 10.8. The first kappa shape index (κ1) is 19.6. The number of rotatable bonds is 6. The fraction of sp³-hybridized carbons (Fsp3) is 0.105. The van der Waals surface area contributed by atoms with Gasteiger partial charge in [-0.2, -0.15) is 5.10 Å². The van der Waals surface area contributed by atoms with E-state index in [-0.39, 0.29) is 18.0 Å². The fourth-order valence-electron chi connectivity index (χ4n) is 2.41. The zero-order chi connectivity index (χ0) is 20.1. The minimum absolute atomic E-state index is 0.0362. The molecule has 2 N–H and O–H groups in total. The standard InChI is InChI=1S/C19H16BrFN4O3/c1-28-15-5-3-13(4-6-15)23-18(26)11-25-10-14(9-22-25)24-19(27)16-8-12(21)2-7-17(16)20/h2-10H,11H2,1H3,(H,23,26)(H,24,27). The lowest BCUT2D eigenvalue weighted by Gasteiger charge is -2.06. The number of aromatic nitrogens is 2. The van der Waals surface area contributed by atoms with Crippen LogP contribution >= 0.6 is 15.9 Å². The lowest BCUT2D eigenvalue weighted by atomic mass is 10.2. The smallest absolute Gasteiger partial charge is 0.256 e. The number of methoxy groups -OCH3 is 1. The summed E-state index contributed by atoms with van der Waals surface area (Å²) >= 11 is 3.21. The Balaban J connectivity index is 1.59. The van der Waals surface area contributed by atoms with Crippen LogP contribution in [-0.4, -0.2) is 28.7 Å². The van der Waals surface area contributed by atoms with Gasteiger partial charge < -0.3 is 15.4 Å². The number of carbonyl (C=O) groups is 2. The van der Waals surface area contributed by atoms with Crippen molar-refractivity contribution >= 4 is 39.1 Å². The second-order valence-corrected chi connectivity index (χ2v) is 6.64. The summed E-state index contributed by atoms with van der Waals surface area (Å²) in [6.07, 6.45) is 2.92. The van der Waals surface area contributed by atoms with Gasteiger partial charge in [-0.15, -0.1) is 0 Å². The Hall–Kier alpha value is -3.20. The van der Waals surface area contributed by atoms with Crippen molar-refractivity contribution in [2.24, 2.45) is 0 Å². The Morgan fingerprint density at radius 3 is 2.61 bits per heavy atom. The van der Waals surface area contributed by atoms with E-state index < -0.39 is 11.7 Å². The summed E-state index contributed by atoms with van der Waals surface area (Å²) in [6.45, 7) is -0.0362. The SMILES string of the molecule is COc1ccc(NC(=O)Cn2cc(NC(=O)c3cc(F)ccc3Br)cn2)cc1. The zero-order valence-electron chi connectivity index (χ0n) is 14.8. The minimum atomic E-state index is -0.515. The molecule has 2 amide bonds. The maximum absolute atomic E-state index is 13.3. The van der Waals surface area contributed by atoms with Crippen LogP contribution in [0.3, 0.4) is 0 Å². The van der Waals surface area contributed by atoms with Gasteiger partial charge in [0.15, 0.2) is 0 Å². The van der Waals surface area contributed by atoms with E-state index in [0.717, 1.165) is 6.07 Å². The molecule has 0 aliphatic heterocycles. The van der Waals surface area contributed by atoms with Gasteiger partial charge >= 0.3 is 0 Å². The second-order valence-electron chi connectivity index (χ2n) is 5.78. The first-order valence-electron chi connectivity index (χ1n) is 8.17. The number of hydrogen-bond acceptors (Lipinski definition) is 4. The normalized spacial score (nSPS) is 10.4. The van der Waals surface area contributed by atoms with Gasteiger partial charge in [-0.05, 0) is 58.4 Å². The van der Waals surface area contributed by atoms with Gasteiger partial charge in [0, 0.05) is 16.4 Å². The van der Waals surface area contributed by atoms with Gasteiger partial charge in [0.2, 0.25) is 5.91 Å². The van der Waals surface area contributed by atoms with E-state index in [1.54, 1.807) is 31.4 Å². The Morgan fingerprint density at radius 2 is 1.89 bits per heavy atom. The van der Waals surface area contributed by atoms with Crippen molar-refractivity contribution in [3.8, 4) is 5.75 Å². The third-order valence-corrected chi connectivity index (χ3v) is 4.44. The number of benzene rings is 2. The number of anilines is 2. The maximum Gasteiger partial charge on any atom is 0.256 e. The number of ether oxygens (including phenoxy) is 1. The van der Waals surface area contributed by atoms with Crippen molar-refractivity contribution in [1.29, 1.82) is 0 Å². The van der Waals surface area contributed by atoms with Gasteiger partial charge in [0.1, 0.15) is 18.1 Å². The molecular weight excluding hydrogens is 431 g/mol. The predicted octanol–water partition coefficient (Wildman–Crippen LogP) is 3.68. The molecular formula is C19H16BrFN4O3. The van der Waals surface area contributed by atoms with Crippen LogP contribution in [0, 0.1) is 5.82 Å². The first-order chi connectivity index (χ1) is 13.4. The predicted molar refractivity (Wildman–Crippen MR) is 106 cm³/mol. The summed E-state index contributed by atoms with van der Waals surface area (Å²) in [5.41, 5.74) is 1.17. The average Bonchev–Trinajstić information content (AvgIpc) is 3.10. The third-order valence-electron chi connectivity index (χ3n) is 3.74. The van der Waals surface area contributed by atoms with Crippen LogP contribution in [0.25, 0.3) is 0 Å². The molecule has 7 nitrogen and oxygen atoms in total. The Labute approximate surface area is 168 Å². The molecule has 0 saturated carbocycles. The molecule has 0 fully saturated rings. The molecule has 144 valence electrons. The van der Waals surface area contributed by atoms with Gasteiger partial charge in [0.25, 0.3) is 5.91 Å². The third kappa shape index (κ3) is 4.95. The summed E-state index contributed by atoms with van der Waals surface area (Å²) in [7, 11) is 1.56. The van der Waals surface area contributed by atoms with Crippen molar-refractivity contribution in [3.63, 3.8) is 0 Å². The molecule has 0 spiro atoms. The van der Waals surface area contributed by atoms with E-state index in [0.29, 0.717) is 21.6 Å². The summed E-state index contributed by atoms with van der Waals surface area (Å²) in [5.74, 6) is -0.595. The second kappa shape index (κ2) is 8.66. The maximum atomic E-state index is 13.3. The lowest BCUT2D eigenvalue weighted by Crippen LogP contribution is -2.19. The fourth-order valence-corrected chi connectivity index (χ4v) is 2.83. The Bertz CT molecular complexity index is 1000. The minimum Gasteiger partial charge on any atom is -0.497 e. The number of nitrogens with one attached hydrogen (secondary N) is 2. The molecule has 0 unspecified atom stereocenters. The topological polar surface area (TPSA) is 85.2 Å². The summed E-state index contributed by atoms with van der Waals surface area (Å²) in [4.78, 5) is 24.4. The lowest BCUT2D eigenvalue weighted by molar-refractivity contribution is -0.116. The van der Waals surface area contributed by atoms with Crippen molar-refractivity contribution in [1.82, 2.24) is 9.78 Å². The van der Waals surface area contributed by atoms with Crippen LogP contribution in [0.5, 0.6) is 5.75 Å². The molecule has 3 rings (SSSR count). The van der Waals surface area contributed by atoms with E-state index in [1.807, 2.05) is 0 Å². The first-order valence-corrected chi connectivity index (χ1v) is 8.96. The van der Waals surface area contributed by atoms with Crippen LogP contribution in [0.1, 0.15) is 10.4 Å². The molecule has 1 aromatic heterocycles. The van der Waals surface area contributed by atoms with E-state index in [2.05, 4.69) is 31.7 Å². The van der Waals surface area contributed by atoms with Crippen LogP contribution in [-0.2, 0) is 11.3 Å². The molecule has 0 aliphatic carbocycles. The van der Waals surface area contributed by atoms with Crippen molar-refractivity contribution in [3.05, 3.63) is 70.7 Å². The van der Waals surface area contributed by atoms with E-state index in [9.17, 15) is 14.0 Å². The highest BCUT2D eigenvalue weighted by Crippen LogP contribution is 2.19. The molecule has 0 radical (unpaired) electrons. The number of nitrogens with zero attached hydrogens (tertiary/aromatic N) is 2. The largest absolute Gasteiger partial charge is 0.497 e. The van der Waals surface area contributed by atoms with Crippen molar-refractivity contribution in [2.75, 3.05) is 17.7 Å². The molecule has 0 aliphatic rings. The van der Waals surface area contributed by atoms with Gasteiger partial charge in [-0.25, -0.2) is 4.39 Å². The molecule has 0 atom stereocenters. The van der Waals surface area contributed by atoms with Crippen LogP contribution < -0.4 is 15.4 Å². The van der Waals surface area contributed by atoms with Crippen molar-refractivity contribution < 1.29 is 18.7 Å². The molecule has 3 aromatic rings. The van der Waals surface area contributed by atoms with Gasteiger partial charge in [-0.1, -0.05) is 0 Å². The monoisotopic (exact) mass is 446 g/mol. The van der Waals surface area contributed by atoms with Gasteiger partial charge in [-0.3, -0.25) is 14.3 Å². The number of carbonyl (C=O) groups excluding carboxylic acids is 2. The Kier molecular flexibility index (Phi) is 6.05. The zero-order valence-corrected chi connectivity index (χ0v) is 16.4. The summed E-state index contributed by atoms with van der Waals surface area (Å²) < 4.78 is 20.3. The van der Waals surface area contributed by atoms with Crippen LogP contribution in [0.2, 0.25) is 0 Å². The van der Waals surface area contributed by atoms with Crippen molar-refractivity contribution in [2.45, 2.75) is 6.54 Å². The highest BCUT2D eigenvalue weighted by atomic mass is 79.9. The van der Waals surface area contributed by atoms with Gasteiger partial charge in [0.05, 0.1) is 24.6 Å². The Morgan fingerprint density at radius 1 is 1.14 bits per heavy atom. The number of halogens is 2. The highest BCUT2D eigenvalue weighted by molar-refractivity contribution is 9.10. The van der Waals surface area contributed by atoms with E-state index >= 15 is 0 Å². The molecule has 0 saturated heterocycles. The molecule has 9 heteroatoms. The van der Waals surface area contributed by atoms with Crippen LogP contribution in [0.15, 0.2) is 59.3 Å². The highest BCUT2D eigenvalue weighted by Gasteiger charge is 2.13. The quantitative estimate of drug-likeness (QED) is 0.604.